The number of alkyl carbamates (subject to hydrolysis) is 1. The van der Waals surface area contributed by atoms with Crippen LogP contribution in [0.4, 0.5) is 10.5 Å². The van der Waals surface area contributed by atoms with Gasteiger partial charge >= 0.3 is 6.09 Å². The standard InChI is InChI=1S/C18H26ClN3O3/c1-18(2,3)25-17(24)20-13-8-10-22(11-9-13)12-16(23)21-15-7-5-4-6-14(15)19/h4-7,13H,8-12H2,1-3H3,(H,20,24)(H,21,23). The van der Waals surface area contributed by atoms with Crippen LogP contribution in [0.1, 0.15) is 33.6 Å². The van der Waals surface area contributed by atoms with Crippen molar-refractivity contribution in [3.63, 3.8) is 0 Å². The molecule has 0 saturated carbocycles. The van der Waals surface area contributed by atoms with E-state index in [9.17, 15) is 9.59 Å². The van der Waals surface area contributed by atoms with Gasteiger partial charge in [0, 0.05) is 19.1 Å². The third-order valence-electron chi connectivity index (χ3n) is 3.82. The van der Waals surface area contributed by atoms with Crippen molar-refractivity contribution in [2.45, 2.75) is 45.3 Å². The lowest BCUT2D eigenvalue weighted by Crippen LogP contribution is -2.47. The maximum absolute atomic E-state index is 12.1. The number of rotatable bonds is 4. The number of anilines is 1. The Balaban J connectivity index is 1.72. The highest BCUT2D eigenvalue weighted by Crippen LogP contribution is 2.20. The zero-order chi connectivity index (χ0) is 18.4. The summed E-state index contributed by atoms with van der Waals surface area (Å²) in [6.45, 7) is 7.32. The van der Waals surface area contributed by atoms with Gasteiger partial charge in [0.15, 0.2) is 0 Å². The van der Waals surface area contributed by atoms with Crippen LogP contribution in [0.3, 0.4) is 0 Å². The summed E-state index contributed by atoms with van der Waals surface area (Å²) in [5.74, 6) is -0.0911. The minimum atomic E-state index is -0.498. The van der Waals surface area contributed by atoms with Crippen LogP contribution in [0, 0.1) is 0 Å². The SMILES string of the molecule is CC(C)(C)OC(=O)NC1CCN(CC(=O)Nc2ccccc2Cl)CC1. The molecule has 1 heterocycles. The van der Waals surface area contributed by atoms with E-state index >= 15 is 0 Å². The third-order valence-corrected chi connectivity index (χ3v) is 4.15. The second kappa shape index (κ2) is 8.54. The van der Waals surface area contributed by atoms with E-state index in [0.717, 1.165) is 25.9 Å². The molecule has 1 aliphatic rings. The molecule has 2 rings (SSSR count). The molecule has 1 saturated heterocycles. The molecule has 2 N–H and O–H groups in total. The maximum Gasteiger partial charge on any atom is 0.407 e. The van der Waals surface area contributed by atoms with E-state index in [1.165, 1.54) is 0 Å². The number of hydrogen-bond donors (Lipinski definition) is 2. The highest BCUT2D eigenvalue weighted by molar-refractivity contribution is 6.33. The molecule has 0 aromatic heterocycles. The largest absolute Gasteiger partial charge is 0.444 e. The molecule has 0 unspecified atom stereocenters. The van der Waals surface area contributed by atoms with Crippen LogP contribution in [0.2, 0.25) is 5.02 Å². The fourth-order valence-corrected chi connectivity index (χ4v) is 2.85. The van der Waals surface area contributed by atoms with Crippen molar-refractivity contribution in [2.75, 3.05) is 25.0 Å². The number of carbonyl (C=O) groups is 2. The predicted molar refractivity (Wildman–Crippen MR) is 98.9 cm³/mol. The Kier molecular flexibility index (Phi) is 6.67. The summed E-state index contributed by atoms with van der Waals surface area (Å²) in [7, 11) is 0. The second-order valence-corrected chi connectivity index (χ2v) is 7.63. The van der Waals surface area contributed by atoms with Gasteiger partial charge in [0.2, 0.25) is 5.91 Å². The van der Waals surface area contributed by atoms with E-state index in [1.807, 2.05) is 32.9 Å². The second-order valence-electron chi connectivity index (χ2n) is 7.22. The molecule has 6 nitrogen and oxygen atoms in total. The monoisotopic (exact) mass is 367 g/mol. The summed E-state index contributed by atoms with van der Waals surface area (Å²) in [5, 5.41) is 6.24. The molecule has 25 heavy (non-hydrogen) atoms. The zero-order valence-electron chi connectivity index (χ0n) is 15.0. The lowest BCUT2D eigenvalue weighted by Gasteiger charge is -2.32. The first-order valence-electron chi connectivity index (χ1n) is 8.49. The summed E-state index contributed by atoms with van der Waals surface area (Å²) in [4.78, 5) is 26.0. The Morgan fingerprint density at radius 2 is 1.88 bits per heavy atom. The summed E-state index contributed by atoms with van der Waals surface area (Å²) < 4.78 is 5.27. The number of halogens is 1. The summed E-state index contributed by atoms with van der Waals surface area (Å²) >= 11 is 6.04. The minimum Gasteiger partial charge on any atom is -0.444 e. The summed E-state index contributed by atoms with van der Waals surface area (Å²) in [5.41, 5.74) is 0.123. The summed E-state index contributed by atoms with van der Waals surface area (Å²) in [6, 6.07) is 7.25. The molecule has 1 fully saturated rings. The number of ether oxygens (including phenoxy) is 1. The lowest BCUT2D eigenvalue weighted by atomic mass is 10.1. The number of likely N-dealkylation sites (tertiary alicyclic amines) is 1. The number of amides is 2. The average molecular weight is 368 g/mol. The summed E-state index contributed by atoms with van der Waals surface area (Å²) in [6.07, 6.45) is 1.19. The molecular formula is C18H26ClN3O3. The predicted octanol–water partition coefficient (Wildman–Crippen LogP) is 3.27. The van der Waals surface area contributed by atoms with Crippen molar-refractivity contribution in [3.05, 3.63) is 29.3 Å². The van der Waals surface area contributed by atoms with Crippen molar-refractivity contribution in [1.29, 1.82) is 0 Å². The molecule has 1 aromatic rings. The Morgan fingerprint density at radius 1 is 1.24 bits per heavy atom. The van der Waals surface area contributed by atoms with Gasteiger partial charge in [0.1, 0.15) is 5.60 Å². The van der Waals surface area contributed by atoms with E-state index < -0.39 is 5.60 Å². The van der Waals surface area contributed by atoms with Gasteiger partial charge in [-0.05, 0) is 45.7 Å². The first-order chi connectivity index (χ1) is 11.7. The van der Waals surface area contributed by atoms with Crippen molar-refractivity contribution >= 4 is 29.3 Å². The van der Waals surface area contributed by atoms with Crippen LogP contribution in [0.15, 0.2) is 24.3 Å². The van der Waals surface area contributed by atoms with Crippen LogP contribution >= 0.6 is 11.6 Å². The molecule has 0 spiro atoms. The smallest absolute Gasteiger partial charge is 0.407 e. The molecule has 0 radical (unpaired) electrons. The van der Waals surface area contributed by atoms with Gasteiger partial charge in [-0.1, -0.05) is 23.7 Å². The number of nitrogens with zero attached hydrogens (tertiary/aromatic N) is 1. The molecule has 1 aromatic carbocycles. The molecule has 0 aliphatic carbocycles. The van der Waals surface area contributed by atoms with E-state index in [1.54, 1.807) is 12.1 Å². The molecule has 138 valence electrons. The topological polar surface area (TPSA) is 70.7 Å². The lowest BCUT2D eigenvalue weighted by molar-refractivity contribution is -0.117. The fraction of sp³-hybridized carbons (Fsp3) is 0.556. The van der Waals surface area contributed by atoms with E-state index in [0.29, 0.717) is 17.3 Å². The third kappa shape index (κ3) is 6.92. The maximum atomic E-state index is 12.1. The number of benzene rings is 1. The van der Waals surface area contributed by atoms with Crippen LogP contribution < -0.4 is 10.6 Å². The normalized spacial score (nSPS) is 16.3. The number of para-hydroxylation sites is 1. The van der Waals surface area contributed by atoms with Crippen LogP contribution in [-0.4, -0.2) is 48.2 Å². The van der Waals surface area contributed by atoms with Gasteiger partial charge in [-0.25, -0.2) is 4.79 Å². The van der Waals surface area contributed by atoms with Gasteiger partial charge in [0.05, 0.1) is 17.3 Å². The molecule has 7 heteroatoms. The first-order valence-corrected chi connectivity index (χ1v) is 8.87. The van der Waals surface area contributed by atoms with Crippen molar-refractivity contribution < 1.29 is 14.3 Å². The highest BCUT2D eigenvalue weighted by Gasteiger charge is 2.24. The van der Waals surface area contributed by atoms with Crippen LogP contribution in [0.25, 0.3) is 0 Å². The van der Waals surface area contributed by atoms with Gasteiger partial charge < -0.3 is 15.4 Å². The van der Waals surface area contributed by atoms with Gasteiger partial charge in [-0.15, -0.1) is 0 Å². The van der Waals surface area contributed by atoms with Crippen LogP contribution in [-0.2, 0) is 9.53 Å². The molecule has 0 atom stereocenters. The average Bonchev–Trinajstić information content (AvgIpc) is 2.49. The zero-order valence-corrected chi connectivity index (χ0v) is 15.7. The van der Waals surface area contributed by atoms with E-state index in [4.69, 9.17) is 16.3 Å². The van der Waals surface area contributed by atoms with Crippen LogP contribution in [0.5, 0.6) is 0 Å². The number of nitrogens with one attached hydrogen (secondary N) is 2. The first kappa shape index (κ1) is 19.5. The van der Waals surface area contributed by atoms with Crippen molar-refractivity contribution in [3.8, 4) is 0 Å². The Hall–Kier alpha value is -1.79. The number of hydrogen-bond acceptors (Lipinski definition) is 4. The number of carbonyl (C=O) groups excluding carboxylic acids is 2. The number of piperidine rings is 1. The van der Waals surface area contributed by atoms with E-state index in [2.05, 4.69) is 15.5 Å². The van der Waals surface area contributed by atoms with Gasteiger partial charge in [0.25, 0.3) is 0 Å². The molecular weight excluding hydrogens is 342 g/mol. The molecule has 0 bridgehead atoms. The minimum absolute atomic E-state index is 0.0812. The molecule has 2 amide bonds. The van der Waals surface area contributed by atoms with Gasteiger partial charge in [-0.2, -0.15) is 0 Å². The Bertz CT molecular complexity index is 608. The molecule has 1 aliphatic heterocycles. The quantitative estimate of drug-likeness (QED) is 0.856. The Labute approximate surface area is 153 Å². The van der Waals surface area contributed by atoms with Gasteiger partial charge in [-0.3, -0.25) is 9.69 Å². The van der Waals surface area contributed by atoms with E-state index in [-0.39, 0.29) is 18.0 Å². The fourth-order valence-electron chi connectivity index (χ4n) is 2.67. The van der Waals surface area contributed by atoms with Crippen molar-refractivity contribution in [1.82, 2.24) is 10.2 Å². The Morgan fingerprint density at radius 3 is 2.48 bits per heavy atom. The van der Waals surface area contributed by atoms with Crippen molar-refractivity contribution in [2.24, 2.45) is 0 Å². The highest BCUT2D eigenvalue weighted by atomic mass is 35.5.